The van der Waals surface area contributed by atoms with Gasteiger partial charge in [0.15, 0.2) is 0 Å². The first-order valence-electron chi connectivity index (χ1n) is 10.1. The summed E-state index contributed by atoms with van der Waals surface area (Å²) in [4.78, 5) is 0. The highest BCUT2D eigenvalue weighted by Gasteiger charge is 2.35. The Balaban J connectivity index is 1.65. The molecular formula is C24H25F2N. The van der Waals surface area contributed by atoms with Gasteiger partial charge < -0.3 is 0 Å². The number of hydrogen-bond acceptors (Lipinski definition) is 1. The van der Waals surface area contributed by atoms with Crippen molar-refractivity contribution in [2.45, 2.75) is 57.8 Å². The van der Waals surface area contributed by atoms with Crippen LogP contribution in [0.2, 0.25) is 0 Å². The van der Waals surface area contributed by atoms with Crippen molar-refractivity contribution in [3.8, 4) is 17.2 Å². The second-order valence-corrected chi connectivity index (χ2v) is 8.21. The van der Waals surface area contributed by atoms with Gasteiger partial charge in [0.05, 0.1) is 5.56 Å². The average molecular weight is 365 g/mol. The zero-order valence-corrected chi connectivity index (χ0v) is 15.8. The fourth-order valence-electron chi connectivity index (χ4n) is 5.29. The highest BCUT2D eigenvalue weighted by molar-refractivity contribution is 5.67. The summed E-state index contributed by atoms with van der Waals surface area (Å²) >= 11 is 0. The normalized spacial score (nSPS) is 24.0. The van der Waals surface area contributed by atoms with Gasteiger partial charge in [0.25, 0.3) is 0 Å². The van der Waals surface area contributed by atoms with Crippen LogP contribution >= 0.6 is 0 Å². The molecule has 3 atom stereocenters. The minimum Gasteiger partial charge on any atom is -0.206 e. The summed E-state index contributed by atoms with van der Waals surface area (Å²) in [5, 5.41) is 8.89. The van der Waals surface area contributed by atoms with E-state index in [1.54, 1.807) is 12.1 Å². The van der Waals surface area contributed by atoms with Crippen molar-refractivity contribution in [2.75, 3.05) is 0 Å². The molecule has 0 N–H and O–H groups in total. The topological polar surface area (TPSA) is 23.8 Å². The molecule has 0 aliphatic heterocycles. The Kier molecular flexibility index (Phi) is 5.00. The monoisotopic (exact) mass is 365 g/mol. The Bertz CT molecular complexity index is 896. The fraction of sp³-hybridized carbons (Fsp3) is 0.458. The maximum absolute atomic E-state index is 14.9. The second-order valence-electron chi connectivity index (χ2n) is 8.21. The predicted octanol–water partition coefficient (Wildman–Crippen LogP) is 6.75. The van der Waals surface area contributed by atoms with Gasteiger partial charge in [-0.2, -0.15) is 5.26 Å². The first-order chi connectivity index (χ1) is 13.1. The Morgan fingerprint density at radius 2 is 1.93 bits per heavy atom. The molecule has 0 unspecified atom stereocenters. The van der Waals surface area contributed by atoms with Crippen LogP contribution in [0.3, 0.4) is 0 Å². The molecule has 0 heterocycles. The number of hydrogen-bond donors (Lipinski definition) is 0. The number of rotatable bonds is 3. The van der Waals surface area contributed by atoms with Crippen molar-refractivity contribution < 1.29 is 8.78 Å². The van der Waals surface area contributed by atoms with Crippen LogP contribution in [0.25, 0.3) is 11.1 Å². The third-order valence-corrected chi connectivity index (χ3v) is 6.60. The number of nitriles is 1. The first kappa shape index (κ1) is 18.2. The summed E-state index contributed by atoms with van der Waals surface area (Å²) in [7, 11) is 0. The van der Waals surface area contributed by atoms with Gasteiger partial charge in [-0.15, -0.1) is 0 Å². The number of benzene rings is 2. The van der Waals surface area contributed by atoms with Crippen LogP contribution in [-0.4, -0.2) is 0 Å². The van der Waals surface area contributed by atoms with Gasteiger partial charge in [0.1, 0.15) is 17.7 Å². The average Bonchev–Trinajstić information content (AvgIpc) is 2.67. The van der Waals surface area contributed by atoms with Crippen molar-refractivity contribution in [1.82, 2.24) is 0 Å². The summed E-state index contributed by atoms with van der Waals surface area (Å²) in [5.41, 5.74) is 3.32. The largest absolute Gasteiger partial charge is 0.206 e. The number of fused-ring (bicyclic) bond motifs is 3. The summed E-state index contributed by atoms with van der Waals surface area (Å²) in [6.45, 7) is 2.26. The Labute approximate surface area is 160 Å². The molecule has 0 amide bonds. The van der Waals surface area contributed by atoms with Gasteiger partial charge >= 0.3 is 0 Å². The molecule has 0 saturated heterocycles. The SMILES string of the molecule is CCC[C@@H]1CC[C@@H]2c3cc(F)c(-c4ccc(C#N)c(F)c4)cc3CC[C@H]2C1. The molecule has 1 fully saturated rings. The molecule has 0 spiro atoms. The van der Waals surface area contributed by atoms with Crippen molar-refractivity contribution in [3.05, 3.63) is 58.7 Å². The fourth-order valence-corrected chi connectivity index (χ4v) is 5.29. The molecular weight excluding hydrogens is 340 g/mol. The molecule has 140 valence electrons. The maximum Gasteiger partial charge on any atom is 0.141 e. The molecule has 27 heavy (non-hydrogen) atoms. The van der Waals surface area contributed by atoms with E-state index in [2.05, 4.69) is 6.92 Å². The van der Waals surface area contributed by atoms with E-state index in [1.165, 1.54) is 55.4 Å². The van der Waals surface area contributed by atoms with Gasteiger partial charge in [-0.3, -0.25) is 0 Å². The van der Waals surface area contributed by atoms with E-state index in [4.69, 9.17) is 5.26 Å². The molecule has 2 aromatic rings. The van der Waals surface area contributed by atoms with Crippen LogP contribution in [0.5, 0.6) is 0 Å². The minimum atomic E-state index is -0.596. The second kappa shape index (κ2) is 7.43. The van der Waals surface area contributed by atoms with Gasteiger partial charge in [0, 0.05) is 5.56 Å². The molecule has 1 saturated carbocycles. The molecule has 4 rings (SSSR count). The molecule has 0 radical (unpaired) electrons. The van der Waals surface area contributed by atoms with Crippen molar-refractivity contribution in [2.24, 2.45) is 11.8 Å². The van der Waals surface area contributed by atoms with E-state index in [0.29, 0.717) is 23.0 Å². The van der Waals surface area contributed by atoms with Crippen molar-refractivity contribution in [1.29, 1.82) is 5.26 Å². The van der Waals surface area contributed by atoms with Gasteiger partial charge in [0.2, 0.25) is 0 Å². The van der Waals surface area contributed by atoms with Crippen LogP contribution < -0.4 is 0 Å². The molecule has 3 heteroatoms. The molecule has 1 nitrogen and oxygen atoms in total. The zero-order valence-electron chi connectivity index (χ0n) is 15.8. The van der Waals surface area contributed by atoms with Gasteiger partial charge in [-0.05, 0) is 90.8 Å². The number of nitrogens with zero attached hydrogens (tertiary/aromatic N) is 1. The lowest BCUT2D eigenvalue weighted by Gasteiger charge is -2.41. The molecule has 2 aliphatic carbocycles. The van der Waals surface area contributed by atoms with Gasteiger partial charge in [-0.1, -0.05) is 25.8 Å². The third kappa shape index (κ3) is 3.38. The van der Waals surface area contributed by atoms with E-state index >= 15 is 0 Å². The highest BCUT2D eigenvalue weighted by Crippen LogP contribution is 2.48. The Morgan fingerprint density at radius 3 is 2.67 bits per heavy atom. The summed E-state index contributed by atoms with van der Waals surface area (Å²) in [5.74, 6) is 1.11. The van der Waals surface area contributed by atoms with Crippen molar-refractivity contribution >= 4 is 0 Å². The Hall–Kier alpha value is -2.21. The summed E-state index contributed by atoms with van der Waals surface area (Å²) in [6.07, 6.45) is 8.39. The van der Waals surface area contributed by atoms with E-state index in [-0.39, 0.29) is 11.4 Å². The van der Waals surface area contributed by atoms with E-state index < -0.39 is 5.82 Å². The van der Waals surface area contributed by atoms with Gasteiger partial charge in [-0.25, -0.2) is 8.78 Å². The highest BCUT2D eigenvalue weighted by atomic mass is 19.1. The van der Waals surface area contributed by atoms with Crippen molar-refractivity contribution in [3.63, 3.8) is 0 Å². The maximum atomic E-state index is 14.9. The number of halogens is 2. The lowest BCUT2D eigenvalue weighted by molar-refractivity contribution is 0.201. The Morgan fingerprint density at radius 1 is 1.07 bits per heavy atom. The van der Waals surface area contributed by atoms with Crippen LogP contribution in [-0.2, 0) is 6.42 Å². The number of aryl methyl sites for hydroxylation is 1. The quantitative estimate of drug-likeness (QED) is 0.590. The third-order valence-electron chi connectivity index (χ3n) is 6.60. The minimum absolute atomic E-state index is 0.0104. The zero-order chi connectivity index (χ0) is 19.0. The van der Waals surface area contributed by atoms with E-state index in [1.807, 2.05) is 12.1 Å². The predicted molar refractivity (Wildman–Crippen MR) is 103 cm³/mol. The first-order valence-corrected chi connectivity index (χ1v) is 10.1. The van der Waals surface area contributed by atoms with Crippen LogP contribution in [0.4, 0.5) is 8.78 Å². The van der Waals surface area contributed by atoms with Crippen LogP contribution in [0.15, 0.2) is 30.3 Å². The molecule has 2 aromatic carbocycles. The summed E-state index contributed by atoms with van der Waals surface area (Å²) < 4.78 is 28.9. The smallest absolute Gasteiger partial charge is 0.141 e. The standard InChI is InChI=1S/C24H25F2N/c1-2-3-15-4-9-20-16(10-15)5-6-17-11-22(24(26)13-21(17)20)18-7-8-19(14-27)23(25)12-18/h7-8,11-13,15-16,20H,2-6,9-10H2,1H3/t15-,16+,20+/m1/s1. The van der Waals surface area contributed by atoms with E-state index in [0.717, 1.165) is 18.8 Å². The van der Waals surface area contributed by atoms with Crippen LogP contribution in [0, 0.1) is 34.8 Å². The molecule has 2 aliphatic rings. The molecule has 0 aromatic heterocycles. The molecule has 0 bridgehead atoms. The summed E-state index contributed by atoms with van der Waals surface area (Å²) in [6, 6.07) is 9.76. The lowest BCUT2D eigenvalue weighted by Crippen LogP contribution is -2.28. The lowest BCUT2D eigenvalue weighted by atomic mass is 9.64. The van der Waals surface area contributed by atoms with E-state index in [9.17, 15) is 8.78 Å². The van der Waals surface area contributed by atoms with Crippen LogP contribution in [0.1, 0.15) is 68.1 Å².